The largest absolute Gasteiger partial charge is 0.356 e. The Labute approximate surface area is 153 Å². The molecule has 2 N–H and O–H groups in total. The van der Waals surface area contributed by atoms with Crippen LogP contribution in [-0.2, 0) is 11.3 Å². The summed E-state index contributed by atoms with van der Waals surface area (Å²) < 4.78 is 5.72. The van der Waals surface area contributed by atoms with Gasteiger partial charge in [-0.2, -0.15) is 0 Å². The lowest BCUT2D eigenvalue weighted by molar-refractivity contribution is -0.115. The van der Waals surface area contributed by atoms with Gasteiger partial charge < -0.3 is 9.84 Å². The van der Waals surface area contributed by atoms with Crippen molar-refractivity contribution in [3.8, 4) is 0 Å². The van der Waals surface area contributed by atoms with Crippen molar-refractivity contribution < 1.29 is 9.32 Å². The van der Waals surface area contributed by atoms with E-state index in [0.29, 0.717) is 18.1 Å². The molecule has 25 heavy (non-hydrogen) atoms. The molecule has 1 aromatic carbocycles. The van der Waals surface area contributed by atoms with E-state index in [1.165, 1.54) is 28.7 Å². The Morgan fingerprint density at radius 3 is 2.84 bits per heavy atom. The van der Waals surface area contributed by atoms with E-state index in [9.17, 15) is 4.79 Å². The molecule has 0 spiro atoms. The molecule has 0 aliphatic heterocycles. The highest BCUT2D eigenvalue weighted by Gasteiger charge is 2.18. The number of benzene rings is 1. The summed E-state index contributed by atoms with van der Waals surface area (Å²) in [5, 5.41) is 18.3. The van der Waals surface area contributed by atoms with Crippen molar-refractivity contribution in [3.05, 3.63) is 47.7 Å². The molecule has 0 aliphatic carbocycles. The van der Waals surface area contributed by atoms with Crippen molar-refractivity contribution in [3.63, 3.8) is 0 Å². The van der Waals surface area contributed by atoms with Gasteiger partial charge in [0, 0.05) is 12.6 Å². The Hall–Kier alpha value is -2.39. The van der Waals surface area contributed by atoms with E-state index >= 15 is 0 Å². The summed E-state index contributed by atoms with van der Waals surface area (Å²) in [7, 11) is 0. The Morgan fingerprint density at radius 2 is 2.12 bits per heavy atom. The topological polar surface area (TPSA) is 92.9 Å². The zero-order valence-corrected chi connectivity index (χ0v) is 15.4. The fourth-order valence-corrected chi connectivity index (χ4v) is 3.84. The summed E-state index contributed by atoms with van der Waals surface area (Å²) in [5.41, 5.74) is 1.89. The van der Waals surface area contributed by atoms with E-state index in [1.54, 1.807) is 13.0 Å². The van der Waals surface area contributed by atoms with Gasteiger partial charge in [-0.3, -0.25) is 10.1 Å². The number of thioether (sulfide) groups is 1. The fraction of sp³-hybridized carbons (Fsp3) is 0.250. The number of nitrogens with one attached hydrogen (secondary N) is 2. The number of hydrogen-bond acceptors (Lipinski definition) is 8. The van der Waals surface area contributed by atoms with Gasteiger partial charge in [-0.15, -0.1) is 10.2 Å². The first-order valence-electron chi connectivity index (χ1n) is 7.62. The molecule has 0 saturated carbocycles. The van der Waals surface area contributed by atoms with Crippen LogP contribution in [0.15, 0.2) is 45.3 Å². The fourth-order valence-electron chi connectivity index (χ4n) is 1.95. The lowest BCUT2D eigenvalue weighted by Gasteiger charge is -2.07. The molecule has 1 atom stereocenters. The molecule has 0 fully saturated rings. The number of amides is 1. The van der Waals surface area contributed by atoms with Gasteiger partial charge in [0.15, 0.2) is 4.34 Å². The average molecular weight is 375 g/mol. The van der Waals surface area contributed by atoms with E-state index in [1.807, 2.05) is 37.3 Å². The van der Waals surface area contributed by atoms with Crippen LogP contribution < -0.4 is 10.6 Å². The zero-order chi connectivity index (χ0) is 17.6. The van der Waals surface area contributed by atoms with Crippen molar-refractivity contribution in [1.29, 1.82) is 0 Å². The normalized spacial score (nSPS) is 11.9. The summed E-state index contributed by atoms with van der Waals surface area (Å²) in [5.74, 6) is 0.174. The maximum absolute atomic E-state index is 12.2. The van der Waals surface area contributed by atoms with Crippen LogP contribution in [0.3, 0.4) is 0 Å². The quantitative estimate of drug-likeness (QED) is 0.610. The van der Waals surface area contributed by atoms with Crippen molar-refractivity contribution >= 4 is 40.0 Å². The number of carbonyl (C=O) groups is 1. The van der Waals surface area contributed by atoms with Crippen LogP contribution in [0.1, 0.15) is 18.2 Å². The molecule has 0 saturated heterocycles. The molecule has 0 aliphatic rings. The lowest BCUT2D eigenvalue weighted by atomic mass is 10.2. The third-order valence-corrected chi connectivity index (χ3v) is 5.28. The second kappa shape index (κ2) is 8.13. The molecule has 9 heteroatoms. The molecule has 2 aromatic heterocycles. The van der Waals surface area contributed by atoms with Crippen molar-refractivity contribution in [2.75, 3.05) is 10.6 Å². The molecular formula is C16H17N5O2S2. The summed E-state index contributed by atoms with van der Waals surface area (Å²) in [4.78, 5) is 12.2. The molecule has 3 rings (SSSR count). The number of anilines is 2. The minimum Gasteiger partial charge on any atom is -0.356 e. The van der Waals surface area contributed by atoms with Gasteiger partial charge in [0.05, 0.1) is 10.9 Å². The Morgan fingerprint density at radius 1 is 1.32 bits per heavy atom. The Kier molecular flexibility index (Phi) is 5.67. The van der Waals surface area contributed by atoms with Crippen molar-refractivity contribution in [1.82, 2.24) is 15.4 Å². The predicted molar refractivity (Wildman–Crippen MR) is 98.9 cm³/mol. The zero-order valence-electron chi connectivity index (χ0n) is 13.7. The monoisotopic (exact) mass is 375 g/mol. The van der Waals surface area contributed by atoms with Gasteiger partial charge in [-0.1, -0.05) is 58.6 Å². The molecule has 0 bridgehead atoms. The van der Waals surface area contributed by atoms with Crippen LogP contribution in [0.2, 0.25) is 0 Å². The Balaban J connectivity index is 1.51. The molecule has 1 unspecified atom stereocenters. The first kappa shape index (κ1) is 17.4. The number of hydrogen-bond donors (Lipinski definition) is 2. The van der Waals surface area contributed by atoms with Crippen LogP contribution in [0.25, 0.3) is 0 Å². The SMILES string of the molecule is Cc1cc(NC(=O)C(C)Sc2nnc(NCc3ccccc3)s2)on1. The predicted octanol–water partition coefficient (Wildman–Crippen LogP) is 3.57. The van der Waals surface area contributed by atoms with E-state index < -0.39 is 0 Å². The maximum atomic E-state index is 12.2. The van der Waals surface area contributed by atoms with Crippen molar-refractivity contribution in [2.24, 2.45) is 0 Å². The number of aromatic nitrogens is 3. The second-order valence-corrected chi connectivity index (χ2v) is 7.86. The summed E-state index contributed by atoms with van der Waals surface area (Å²) in [6.45, 7) is 4.28. The van der Waals surface area contributed by atoms with Gasteiger partial charge in [0.1, 0.15) is 0 Å². The Bertz CT molecular complexity index is 834. The highest BCUT2D eigenvalue weighted by molar-refractivity contribution is 8.02. The van der Waals surface area contributed by atoms with E-state index in [-0.39, 0.29) is 11.2 Å². The standard InChI is InChI=1S/C16H17N5O2S2/c1-10-8-13(23-21-10)18-14(22)11(2)24-16-20-19-15(25-16)17-9-12-6-4-3-5-7-12/h3-8,11H,9H2,1-2H3,(H,17,19)(H,18,22). The van der Waals surface area contributed by atoms with Gasteiger partial charge in [0.25, 0.3) is 0 Å². The van der Waals surface area contributed by atoms with Crippen LogP contribution in [0, 0.1) is 6.92 Å². The molecule has 3 aromatic rings. The summed E-state index contributed by atoms with van der Waals surface area (Å²) in [6.07, 6.45) is 0. The number of carbonyl (C=O) groups excluding carboxylic acids is 1. The van der Waals surface area contributed by atoms with E-state index in [2.05, 4.69) is 26.0 Å². The van der Waals surface area contributed by atoms with E-state index in [0.717, 1.165) is 9.47 Å². The maximum Gasteiger partial charge on any atom is 0.240 e. The van der Waals surface area contributed by atoms with Crippen molar-refractivity contribution in [2.45, 2.75) is 30.0 Å². The molecule has 1 amide bonds. The number of nitrogens with zero attached hydrogens (tertiary/aromatic N) is 3. The summed E-state index contributed by atoms with van der Waals surface area (Å²) >= 11 is 2.77. The van der Waals surface area contributed by atoms with Gasteiger partial charge in [-0.25, -0.2) is 0 Å². The first-order chi connectivity index (χ1) is 12.1. The molecule has 130 valence electrons. The van der Waals surface area contributed by atoms with Gasteiger partial charge >= 0.3 is 0 Å². The highest BCUT2D eigenvalue weighted by atomic mass is 32.2. The third kappa shape index (κ3) is 5.04. The molecule has 2 heterocycles. The third-order valence-electron chi connectivity index (χ3n) is 3.21. The lowest BCUT2D eigenvalue weighted by Crippen LogP contribution is -2.22. The van der Waals surface area contributed by atoms with Crippen LogP contribution >= 0.6 is 23.1 Å². The first-order valence-corrected chi connectivity index (χ1v) is 9.32. The smallest absolute Gasteiger partial charge is 0.240 e. The summed E-state index contributed by atoms with van der Waals surface area (Å²) in [6, 6.07) is 11.7. The highest BCUT2D eigenvalue weighted by Crippen LogP contribution is 2.29. The van der Waals surface area contributed by atoms with Crippen LogP contribution in [-0.4, -0.2) is 26.5 Å². The molecule has 0 radical (unpaired) electrons. The number of rotatable bonds is 7. The molecular weight excluding hydrogens is 358 g/mol. The molecule has 7 nitrogen and oxygen atoms in total. The minimum atomic E-state index is -0.333. The van der Waals surface area contributed by atoms with E-state index in [4.69, 9.17) is 4.52 Å². The van der Waals surface area contributed by atoms with Gasteiger partial charge in [-0.05, 0) is 19.4 Å². The number of aryl methyl sites for hydroxylation is 1. The van der Waals surface area contributed by atoms with Gasteiger partial charge in [0.2, 0.25) is 16.9 Å². The van der Waals surface area contributed by atoms with Crippen LogP contribution in [0.5, 0.6) is 0 Å². The second-order valence-electron chi connectivity index (χ2n) is 5.29. The average Bonchev–Trinajstić information content (AvgIpc) is 3.23. The minimum absolute atomic E-state index is 0.171. The van der Waals surface area contributed by atoms with Crippen LogP contribution in [0.4, 0.5) is 11.0 Å².